The zero-order chi connectivity index (χ0) is 30.0. The number of hydrogen-bond donors (Lipinski definition) is 2. The molecule has 4 fully saturated rings. The lowest BCUT2D eigenvalue weighted by Gasteiger charge is -2.57. The molecule has 0 unspecified atom stereocenters. The first-order chi connectivity index (χ1) is 20.8. The lowest BCUT2D eigenvalue weighted by atomic mass is 9.48. The minimum absolute atomic E-state index is 0.157. The third-order valence-electron chi connectivity index (χ3n) is 9.16. The first kappa shape index (κ1) is 29.5. The van der Waals surface area contributed by atoms with Crippen molar-refractivity contribution in [1.82, 2.24) is 5.43 Å². The maximum atomic E-state index is 12.7. The summed E-state index contributed by atoms with van der Waals surface area (Å²) in [6.45, 7) is -0.157. The van der Waals surface area contributed by atoms with Crippen LogP contribution >= 0.6 is 22.6 Å². The molecule has 4 bridgehead atoms. The summed E-state index contributed by atoms with van der Waals surface area (Å²) in [5, 5.41) is 7.00. The normalized spacial score (nSPS) is 23.7. The monoisotopic (exact) mass is 693 g/mol. The van der Waals surface area contributed by atoms with Crippen molar-refractivity contribution < 1.29 is 23.8 Å². The van der Waals surface area contributed by atoms with Gasteiger partial charge in [0.25, 0.3) is 11.8 Å². The number of rotatable bonds is 10. The summed E-state index contributed by atoms with van der Waals surface area (Å²) in [6.07, 6.45) is 9.76. The van der Waals surface area contributed by atoms with E-state index in [-0.39, 0.29) is 18.4 Å². The number of ether oxygens (including phenoxy) is 3. The second-order valence-electron chi connectivity index (χ2n) is 12.1. The number of carbonyl (C=O) groups excluding carboxylic acids is 2. The minimum atomic E-state index is -0.355. The second kappa shape index (κ2) is 12.6. The van der Waals surface area contributed by atoms with Crippen LogP contribution in [0, 0.1) is 21.3 Å². The Hall–Kier alpha value is -3.60. The lowest BCUT2D eigenvalue weighted by Crippen LogP contribution is -2.48. The van der Waals surface area contributed by atoms with Crippen molar-refractivity contribution in [2.75, 3.05) is 26.1 Å². The molecular weight excluding hydrogens is 657 g/mol. The van der Waals surface area contributed by atoms with Crippen LogP contribution in [0.3, 0.4) is 0 Å². The summed E-state index contributed by atoms with van der Waals surface area (Å²) < 4.78 is 17.4. The summed E-state index contributed by atoms with van der Waals surface area (Å²) in [4.78, 5) is 25.1. The Morgan fingerprint density at radius 3 is 2.21 bits per heavy atom. The van der Waals surface area contributed by atoms with Gasteiger partial charge in [0.15, 0.2) is 18.1 Å². The van der Waals surface area contributed by atoms with Crippen molar-refractivity contribution in [3.05, 3.63) is 80.9 Å². The minimum Gasteiger partial charge on any atom is -0.496 e. The number of nitrogens with zero attached hydrogens (tertiary/aromatic N) is 1. The van der Waals surface area contributed by atoms with Crippen LogP contribution in [0.25, 0.3) is 0 Å². The van der Waals surface area contributed by atoms with E-state index < -0.39 is 0 Å². The molecule has 3 aromatic carbocycles. The molecule has 8 nitrogen and oxygen atoms in total. The summed E-state index contributed by atoms with van der Waals surface area (Å²) in [6, 6.07) is 18.8. The van der Waals surface area contributed by atoms with E-state index in [0.717, 1.165) is 27.0 Å². The van der Waals surface area contributed by atoms with E-state index in [2.05, 4.69) is 50.6 Å². The average Bonchev–Trinajstić information content (AvgIpc) is 3.00. The van der Waals surface area contributed by atoms with Crippen LogP contribution in [0.5, 0.6) is 17.2 Å². The van der Waals surface area contributed by atoms with Crippen molar-refractivity contribution in [2.45, 2.75) is 43.9 Å². The first-order valence-electron chi connectivity index (χ1n) is 14.7. The Morgan fingerprint density at radius 2 is 1.56 bits per heavy atom. The van der Waals surface area contributed by atoms with Gasteiger partial charge in [-0.3, -0.25) is 9.59 Å². The largest absolute Gasteiger partial charge is 0.496 e. The number of hydrazone groups is 1. The number of carbonyl (C=O) groups is 2. The van der Waals surface area contributed by atoms with E-state index >= 15 is 0 Å². The highest BCUT2D eigenvalue weighted by Crippen LogP contribution is 2.60. The van der Waals surface area contributed by atoms with Crippen molar-refractivity contribution >= 4 is 46.3 Å². The molecule has 224 valence electrons. The number of amides is 2. The van der Waals surface area contributed by atoms with Crippen LogP contribution in [-0.4, -0.2) is 38.9 Å². The summed E-state index contributed by atoms with van der Waals surface area (Å²) >= 11 is 2.14. The number of methoxy groups -OCH3 is 2. The Morgan fingerprint density at radius 1 is 0.884 bits per heavy atom. The van der Waals surface area contributed by atoms with Gasteiger partial charge >= 0.3 is 0 Å². The third-order valence-corrected chi connectivity index (χ3v) is 10.0. The molecule has 4 aliphatic carbocycles. The molecule has 0 aliphatic heterocycles. The van der Waals surface area contributed by atoms with Crippen LogP contribution in [0.15, 0.2) is 65.8 Å². The molecule has 0 heterocycles. The maximum Gasteiger partial charge on any atom is 0.271 e. The highest BCUT2D eigenvalue weighted by molar-refractivity contribution is 14.1. The van der Waals surface area contributed by atoms with Gasteiger partial charge in [0.2, 0.25) is 0 Å². The molecule has 4 saturated carbocycles. The van der Waals surface area contributed by atoms with Crippen LogP contribution in [0.4, 0.5) is 5.69 Å². The van der Waals surface area contributed by atoms with Crippen molar-refractivity contribution in [3.8, 4) is 17.2 Å². The van der Waals surface area contributed by atoms with Crippen LogP contribution in [0.1, 0.15) is 60.0 Å². The summed E-state index contributed by atoms with van der Waals surface area (Å²) in [5.41, 5.74) is 6.19. The quantitative estimate of drug-likeness (QED) is 0.143. The van der Waals surface area contributed by atoms with E-state index in [9.17, 15) is 9.59 Å². The van der Waals surface area contributed by atoms with Gasteiger partial charge in [0, 0.05) is 11.3 Å². The van der Waals surface area contributed by atoms with Gasteiger partial charge < -0.3 is 19.5 Å². The Labute approximate surface area is 265 Å². The molecule has 0 atom stereocenters. The zero-order valence-electron chi connectivity index (χ0n) is 24.4. The van der Waals surface area contributed by atoms with Gasteiger partial charge in [-0.25, -0.2) is 5.43 Å². The van der Waals surface area contributed by atoms with Gasteiger partial charge in [-0.1, -0.05) is 12.1 Å². The standard InChI is InChI=1S/C34H36IN3O5/c1-41-30-15-25(4-9-28(30)35)33(40)38-36-19-21-3-10-29(31(14-21)42-2)43-20-32(39)37-27-7-5-26(6-8-27)34-16-22-11-23(17-34)13-24(12-22)18-34/h3-10,14-15,19,22-24H,11-13,16-18,20H2,1-2H3,(H,37,39)(H,38,40)/b36-19+. The molecule has 0 aromatic heterocycles. The molecule has 9 heteroatoms. The number of halogens is 1. The maximum absolute atomic E-state index is 12.7. The topological polar surface area (TPSA) is 98.3 Å². The molecule has 0 radical (unpaired) electrons. The SMILES string of the molecule is COc1cc(C(=O)N/N=C/c2ccc(OCC(=O)Nc3ccc(C45CC6CC(CC(C6)C4)C5)cc3)c(OC)c2)ccc1I. The van der Waals surface area contributed by atoms with E-state index in [4.69, 9.17) is 14.2 Å². The van der Waals surface area contributed by atoms with Crippen LogP contribution in [-0.2, 0) is 10.2 Å². The molecule has 3 aromatic rings. The van der Waals surface area contributed by atoms with E-state index in [1.165, 1.54) is 57.4 Å². The predicted molar refractivity (Wildman–Crippen MR) is 174 cm³/mol. The smallest absolute Gasteiger partial charge is 0.271 e. The Balaban J connectivity index is 1.01. The number of anilines is 1. The lowest BCUT2D eigenvalue weighted by molar-refractivity contribution is -0.118. The third kappa shape index (κ3) is 6.51. The fourth-order valence-electron chi connectivity index (χ4n) is 7.63. The van der Waals surface area contributed by atoms with Crippen molar-refractivity contribution in [3.63, 3.8) is 0 Å². The van der Waals surface area contributed by atoms with E-state index in [1.54, 1.807) is 43.5 Å². The number of nitrogens with one attached hydrogen (secondary N) is 2. The molecule has 4 aliphatic rings. The molecule has 2 N–H and O–H groups in total. The second-order valence-corrected chi connectivity index (χ2v) is 13.2. The Kier molecular flexibility index (Phi) is 8.61. The first-order valence-corrected chi connectivity index (χ1v) is 15.8. The molecule has 0 saturated heterocycles. The zero-order valence-corrected chi connectivity index (χ0v) is 26.6. The Bertz CT molecular complexity index is 1500. The fraction of sp³-hybridized carbons (Fsp3) is 0.382. The highest BCUT2D eigenvalue weighted by atomic mass is 127. The molecular formula is C34H36IN3O5. The van der Waals surface area contributed by atoms with E-state index in [1.807, 2.05) is 12.1 Å². The number of benzene rings is 3. The molecule has 0 spiro atoms. The molecule has 2 amide bonds. The highest BCUT2D eigenvalue weighted by Gasteiger charge is 2.51. The van der Waals surface area contributed by atoms with Crippen LogP contribution in [0.2, 0.25) is 0 Å². The van der Waals surface area contributed by atoms with Gasteiger partial charge in [-0.05, 0) is 144 Å². The van der Waals surface area contributed by atoms with E-state index in [0.29, 0.717) is 33.8 Å². The number of hydrogen-bond acceptors (Lipinski definition) is 6. The van der Waals surface area contributed by atoms with Gasteiger partial charge in [-0.15, -0.1) is 0 Å². The van der Waals surface area contributed by atoms with Gasteiger partial charge in [-0.2, -0.15) is 5.10 Å². The van der Waals surface area contributed by atoms with Crippen molar-refractivity contribution in [1.29, 1.82) is 0 Å². The van der Waals surface area contributed by atoms with Crippen LogP contribution < -0.4 is 25.0 Å². The molecule has 43 heavy (non-hydrogen) atoms. The van der Waals surface area contributed by atoms with Gasteiger partial charge in [0.1, 0.15) is 5.75 Å². The average molecular weight is 694 g/mol. The summed E-state index contributed by atoms with van der Waals surface area (Å²) in [5.74, 6) is 3.60. The van der Waals surface area contributed by atoms with Crippen molar-refractivity contribution in [2.24, 2.45) is 22.9 Å². The fourth-order valence-corrected chi connectivity index (χ4v) is 8.18. The summed E-state index contributed by atoms with van der Waals surface area (Å²) in [7, 11) is 3.09. The van der Waals surface area contributed by atoms with Gasteiger partial charge in [0.05, 0.1) is 24.0 Å². The predicted octanol–water partition coefficient (Wildman–Crippen LogP) is 6.56. The molecule has 7 rings (SSSR count).